The fourth-order valence-electron chi connectivity index (χ4n) is 4.53. The zero-order chi connectivity index (χ0) is 26.2. The summed E-state index contributed by atoms with van der Waals surface area (Å²) in [6, 6.07) is 14.8. The van der Waals surface area contributed by atoms with E-state index in [0.29, 0.717) is 38.0 Å². The first-order valence-electron chi connectivity index (χ1n) is 12.9. The number of hydrogen-bond donors (Lipinski definition) is 2. The molecular formula is C28H36FN5O3. The van der Waals surface area contributed by atoms with Crippen molar-refractivity contribution in [3.63, 3.8) is 0 Å². The van der Waals surface area contributed by atoms with Gasteiger partial charge in [0.15, 0.2) is 0 Å². The summed E-state index contributed by atoms with van der Waals surface area (Å²) in [7, 11) is 0. The largest absolute Gasteiger partial charge is 0.493 e. The highest BCUT2D eigenvalue weighted by Crippen LogP contribution is 2.24. The van der Waals surface area contributed by atoms with Gasteiger partial charge in [-0.05, 0) is 54.2 Å². The fourth-order valence-corrected chi connectivity index (χ4v) is 4.53. The highest BCUT2D eigenvalue weighted by Gasteiger charge is 2.27. The molecule has 4 rings (SSSR count). The van der Waals surface area contributed by atoms with E-state index in [1.54, 1.807) is 12.1 Å². The van der Waals surface area contributed by atoms with E-state index in [-0.39, 0.29) is 18.3 Å². The molecule has 1 aromatic heterocycles. The molecule has 9 heteroatoms. The Hall–Kier alpha value is -3.46. The predicted octanol–water partition coefficient (Wildman–Crippen LogP) is 4.52. The number of aromatic amines is 1. The number of aliphatic carboxylic acids is 1. The molecule has 0 aliphatic carbocycles. The molecular weight excluding hydrogens is 473 g/mol. The molecule has 0 bridgehead atoms. The Labute approximate surface area is 217 Å². The number of likely N-dealkylation sites (tertiary alicyclic amines) is 1. The quantitative estimate of drug-likeness (QED) is 0.371. The number of benzene rings is 2. The Kier molecular flexibility index (Phi) is 9.11. The minimum absolute atomic E-state index is 0.153. The van der Waals surface area contributed by atoms with Crippen LogP contribution in [0.15, 0.2) is 48.5 Å². The maximum Gasteiger partial charge on any atom is 0.304 e. The first-order chi connectivity index (χ1) is 17.9. The number of halogens is 1. The van der Waals surface area contributed by atoms with E-state index in [0.717, 1.165) is 48.6 Å². The van der Waals surface area contributed by atoms with Crippen molar-refractivity contribution in [3.8, 4) is 5.75 Å². The van der Waals surface area contributed by atoms with E-state index in [1.807, 2.05) is 24.3 Å². The second kappa shape index (κ2) is 12.7. The van der Waals surface area contributed by atoms with Crippen LogP contribution < -0.4 is 9.64 Å². The van der Waals surface area contributed by atoms with Crippen molar-refractivity contribution in [2.24, 2.45) is 5.92 Å². The van der Waals surface area contributed by atoms with Crippen LogP contribution in [0.3, 0.4) is 0 Å². The molecule has 8 nitrogen and oxygen atoms in total. The van der Waals surface area contributed by atoms with Crippen LogP contribution in [0.5, 0.6) is 5.75 Å². The minimum Gasteiger partial charge on any atom is -0.493 e. The van der Waals surface area contributed by atoms with Gasteiger partial charge >= 0.3 is 5.97 Å². The molecule has 198 valence electrons. The van der Waals surface area contributed by atoms with E-state index in [4.69, 9.17) is 9.84 Å². The molecule has 1 aliphatic rings. The average Bonchev–Trinajstić information content (AvgIpc) is 3.35. The number of nitrogens with zero attached hydrogens (tertiary/aromatic N) is 4. The van der Waals surface area contributed by atoms with Gasteiger partial charge in [-0.3, -0.25) is 4.79 Å². The van der Waals surface area contributed by atoms with Gasteiger partial charge in [0.05, 0.1) is 13.0 Å². The molecule has 1 saturated heterocycles. The zero-order valence-electron chi connectivity index (χ0n) is 21.6. The van der Waals surface area contributed by atoms with Crippen LogP contribution in [0, 0.1) is 11.7 Å². The van der Waals surface area contributed by atoms with Crippen LogP contribution in [0.1, 0.15) is 50.1 Å². The van der Waals surface area contributed by atoms with E-state index in [2.05, 4.69) is 38.8 Å². The first kappa shape index (κ1) is 26.6. The summed E-state index contributed by atoms with van der Waals surface area (Å²) < 4.78 is 19.3. The number of carbonyl (C=O) groups is 1. The lowest BCUT2D eigenvalue weighted by Crippen LogP contribution is -2.45. The van der Waals surface area contributed by atoms with Gasteiger partial charge in [-0.25, -0.2) is 4.39 Å². The number of ether oxygens (including phenoxy) is 1. The van der Waals surface area contributed by atoms with Crippen molar-refractivity contribution in [1.29, 1.82) is 0 Å². The third kappa shape index (κ3) is 8.01. The van der Waals surface area contributed by atoms with Gasteiger partial charge in [0.2, 0.25) is 5.95 Å². The molecule has 2 aromatic carbocycles. The van der Waals surface area contributed by atoms with Crippen molar-refractivity contribution in [2.75, 3.05) is 31.1 Å². The molecule has 37 heavy (non-hydrogen) atoms. The smallest absolute Gasteiger partial charge is 0.304 e. The normalized spacial score (nSPS) is 14.7. The van der Waals surface area contributed by atoms with Crippen molar-refractivity contribution in [3.05, 3.63) is 71.3 Å². The minimum atomic E-state index is -0.771. The Morgan fingerprint density at radius 1 is 1.11 bits per heavy atom. The summed E-state index contributed by atoms with van der Waals surface area (Å²) in [6.07, 6.45) is 2.54. The third-order valence-corrected chi connectivity index (χ3v) is 6.58. The molecule has 0 amide bonds. The fraction of sp³-hybridized carbons (Fsp3) is 0.464. The Morgan fingerprint density at radius 3 is 2.43 bits per heavy atom. The number of rotatable bonds is 12. The molecule has 0 unspecified atom stereocenters. The van der Waals surface area contributed by atoms with Crippen molar-refractivity contribution in [2.45, 2.75) is 52.1 Å². The number of carboxylic acids is 1. The Morgan fingerprint density at radius 2 is 1.78 bits per heavy atom. The van der Waals surface area contributed by atoms with Crippen LogP contribution in [-0.2, 0) is 17.8 Å². The summed E-state index contributed by atoms with van der Waals surface area (Å²) in [5, 5.41) is 17.9. The zero-order valence-corrected chi connectivity index (χ0v) is 21.6. The van der Waals surface area contributed by atoms with Gasteiger partial charge in [-0.1, -0.05) is 38.1 Å². The van der Waals surface area contributed by atoms with Crippen molar-refractivity contribution >= 4 is 11.9 Å². The number of anilines is 1. The highest BCUT2D eigenvalue weighted by atomic mass is 19.1. The van der Waals surface area contributed by atoms with Crippen LogP contribution in [0.25, 0.3) is 0 Å². The van der Waals surface area contributed by atoms with Crippen LogP contribution in [0.4, 0.5) is 10.3 Å². The summed E-state index contributed by atoms with van der Waals surface area (Å²) in [6.45, 7) is 7.72. The van der Waals surface area contributed by atoms with Gasteiger partial charge in [0.25, 0.3) is 0 Å². The lowest BCUT2D eigenvalue weighted by Gasteiger charge is -2.38. The van der Waals surface area contributed by atoms with Crippen LogP contribution in [0.2, 0.25) is 0 Å². The van der Waals surface area contributed by atoms with Gasteiger partial charge in [0.1, 0.15) is 17.4 Å². The SMILES string of the molecule is CC(C)COc1ccc(Cc2nnc(N(Cc3ccc(F)cc3)C3CCN(CCC(=O)O)CC3)[nH]2)cc1. The number of carboxylic acid groups (broad SMARTS) is 1. The summed E-state index contributed by atoms with van der Waals surface area (Å²) in [4.78, 5) is 18.8. The third-order valence-electron chi connectivity index (χ3n) is 6.58. The van der Waals surface area contributed by atoms with Crippen LogP contribution in [-0.4, -0.2) is 63.4 Å². The van der Waals surface area contributed by atoms with E-state index >= 15 is 0 Å². The number of hydrogen-bond acceptors (Lipinski definition) is 6. The second-order valence-corrected chi connectivity index (χ2v) is 10.1. The molecule has 1 fully saturated rings. The monoisotopic (exact) mass is 509 g/mol. The van der Waals surface area contributed by atoms with E-state index in [9.17, 15) is 9.18 Å². The molecule has 0 atom stereocenters. The van der Waals surface area contributed by atoms with Crippen molar-refractivity contribution < 1.29 is 19.0 Å². The maximum absolute atomic E-state index is 13.5. The van der Waals surface area contributed by atoms with Gasteiger partial charge in [-0.2, -0.15) is 0 Å². The van der Waals surface area contributed by atoms with Gasteiger partial charge < -0.3 is 24.6 Å². The lowest BCUT2D eigenvalue weighted by molar-refractivity contribution is -0.137. The number of H-pyrrole nitrogens is 1. The number of piperidine rings is 1. The number of nitrogens with one attached hydrogen (secondary N) is 1. The highest BCUT2D eigenvalue weighted by molar-refractivity contribution is 5.66. The first-order valence-corrected chi connectivity index (χ1v) is 12.9. The van der Waals surface area contributed by atoms with Crippen molar-refractivity contribution in [1.82, 2.24) is 20.1 Å². The average molecular weight is 510 g/mol. The molecule has 1 aliphatic heterocycles. The Balaban J connectivity index is 1.44. The van der Waals surface area contributed by atoms with E-state index < -0.39 is 5.97 Å². The van der Waals surface area contributed by atoms with Gasteiger partial charge in [0, 0.05) is 38.6 Å². The molecule has 3 aromatic rings. The second-order valence-electron chi connectivity index (χ2n) is 10.1. The molecule has 0 saturated carbocycles. The standard InChI is InChI=1S/C28H36FN5O3/c1-20(2)19-37-25-9-5-21(6-10-25)17-26-30-28(32-31-26)34(18-22-3-7-23(29)8-4-22)24-11-14-33(15-12-24)16-13-27(35)36/h3-10,20,24H,11-19H2,1-2H3,(H,35,36)(H,30,31,32). The van der Waals surface area contributed by atoms with Gasteiger partial charge in [-0.15, -0.1) is 10.2 Å². The molecule has 2 N–H and O–H groups in total. The summed E-state index contributed by atoms with van der Waals surface area (Å²) in [5.74, 6) is 1.77. The van der Waals surface area contributed by atoms with Crippen LogP contribution >= 0.6 is 0 Å². The maximum atomic E-state index is 13.5. The molecule has 0 radical (unpaired) electrons. The predicted molar refractivity (Wildman–Crippen MR) is 140 cm³/mol. The Bertz CT molecular complexity index is 1130. The molecule has 2 heterocycles. The topological polar surface area (TPSA) is 94.6 Å². The lowest BCUT2D eigenvalue weighted by atomic mass is 10.0. The molecule has 0 spiro atoms. The summed E-state index contributed by atoms with van der Waals surface area (Å²) >= 11 is 0. The van der Waals surface area contributed by atoms with E-state index in [1.165, 1.54) is 12.1 Å². The number of aromatic nitrogens is 3. The summed E-state index contributed by atoms with van der Waals surface area (Å²) in [5.41, 5.74) is 2.10.